The van der Waals surface area contributed by atoms with Gasteiger partial charge in [0, 0.05) is 12.6 Å². The van der Waals surface area contributed by atoms with E-state index >= 15 is 0 Å². The van der Waals surface area contributed by atoms with E-state index in [0.29, 0.717) is 12.8 Å². The average Bonchev–Trinajstić information content (AvgIpc) is 2.71. The highest BCUT2D eigenvalue weighted by atomic mass is 32.1. The number of aromatic nitrogens is 2. The fraction of sp³-hybridized carbons (Fsp3) is 0.308. The number of nitrogens with zero attached hydrogens (tertiary/aromatic N) is 2. The summed E-state index contributed by atoms with van der Waals surface area (Å²) >= 11 is 1.61. The average molecular weight is 262 g/mol. The van der Waals surface area contributed by atoms with Crippen molar-refractivity contribution in [2.24, 2.45) is 0 Å². The van der Waals surface area contributed by atoms with E-state index in [9.17, 15) is 4.79 Å². The number of aryl methyl sites for hydroxylation is 2. The largest absolute Gasteiger partial charge is 0.481 e. The van der Waals surface area contributed by atoms with Crippen molar-refractivity contribution in [1.82, 2.24) is 9.97 Å². The number of rotatable bonds is 5. The molecule has 0 aliphatic heterocycles. The van der Waals surface area contributed by atoms with Gasteiger partial charge < -0.3 is 5.11 Å². The first-order valence-corrected chi connectivity index (χ1v) is 6.58. The van der Waals surface area contributed by atoms with Crippen LogP contribution in [0.3, 0.4) is 0 Å². The molecular formula is C13H14N2O2S. The lowest BCUT2D eigenvalue weighted by Crippen LogP contribution is -1.97. The van der Waals surface area contributed by atoms with Crippen molar-refractivity contribution in [3.05, 3.63) is 35.1 Å². The van der Waals surface area contributed by atoms with Gasteiger partial charge in [0.1, 0.15) is 0 Å². The van der Waals surface area contributed by atoms with Gasteiger partial charge in [0.05, 0.1) is 21.3 Å². The molecule has 0 unspecified atom stereocenters. The van der Waals surface area contributed by atoms with Crippen LogP contribution in [0.5, 0.6) is 0 Å². The van der Waals surface area contributed by atoms with Crippen molar-refractivity contribution in [3.8, 4) is 10.6 Å². The second-order valence-electron chi connectivity index (χ2n) is 3.97. The molecule has 0 fully saturated rings. The maximum absolute atomic E-state index is 10.5. The van der Waals surface area contributed by atoms with Gasteiger partial charge in [-0.15, -0.1) is 11.3 Å². The molecule has 2 aromatic heterocycles. The minimum Gasteiger partial charge on any atom is -0.481 e. The molecule has 18 heavy (non-hydrogen) atoms. The van der Waals surface area contributed by atoms with E-state index in [1.807, 2.05) is 25.1 Å². The van der Waals surface area contributed by atoms with E-state index < -0.39 is 5.97 Å². The van der Waals surface area contributed by atoms with E-state index in [-0.39, 0.29) is 6.42 Å². The highest BCUT2D eigenvalue weighted by molar-refractivity contribution is 7.15. The lowest BCUT2D eigenvalue weighted by molar-refractivity contribution is -0.137. The van der Waals surface area contributed by atoms with Crippen LogP contribution in [0, 0.1) is 6.92 Å². The molecule has 2 aromatic rings. The van der Waals surface area contributed by atoms with Gasteiger partial charge in [-0.2, -0.15) is 0 Å². The quantitative estimate of drug-likeness (QED) is 0.899. The van der Waals surface area contributed by atoms with Gasteiger partial charge in [-0.1, -0.05) is 6.07 Å². The smallest absolute Gasteiger partial charge is 0.303 e. The summed E-state index contributed by atoms with van der Waals surface area (Å²) in [5.74, 6) is -0.763. The van der Waals surface area contributed by atoms with Crippen LogP contribution in [0.2, 0.25) is 0 Å². The number of thiazole rings is 1. The monoisotopic (exact) mass is 262 g/mol. The van der Waals surface area contributed by atoms with Crippen LogP contribution >= 0.6 is 11.3 Å². The lowest BCUT2D eigenvalue weighted by Gasteiger charge is -2.00. The van der Waals surface area contributed by atoms with E-state index in [1.165, 1.54) is 0 Å². The van der Waals surface area contributed by atoms with Gasteiger partial charge >= 0.3 is 5.97 Å². The molecule has 0 aliphatic rings. The van der Waals surface area contributed by atoms with E-state index in [2.05, 4.69) is 9.97 Å². The first-order chi connectivity index (χ1) is 8.66. The Hall–Kier alpha value is -1.75. The summed E-state index contributed by atoms with van der Waals surface area (Å²) in [6.07, 6.45) is 3.23. The lowest BCUT2D eigenvalue weighted by atomic mass is 10.1. The topological polar surface area (TPSA) is 63.1 Å². The number of carbonyl (C=O) groups is 1. The van der Waals surface area contributed by atoms with Crippen molar-refractivity contribution >= 4 is 17.3 Å². The minimum absolute atomic E-state index is 0.179. The fourth-order valence-corrected chi connectivity index (χ4v) is 2.69. The summed E-state index contributed by atoms with van der Waals surface area (Å²) < 4.78 is 0. The second-order valence-corrected chi connectivity index (χ2v) is 5.17. The van der Waals surface area contributed by atoms with Crippen LogP contribution in [0.4, 0.5) is 0 Å². The molecule has 1 N–H and O–H groups in total. The molecule has 0 aliphatic carbocycles. The Labute approximate surface area is 109 Å². The van der Waals surface area contributed by atoms with Crippen LogP contribution in [0.25, 0.3) is 10.6 Å². The summed E-state index contributed by atoms with van der Waals surface area (Å²) in [5.41, 5.74) is 1.87. The van der Waals surface area contributed by atoms with Crippen molar-refractivity contribution in [2.75, 3.05) is 0 Å². The molecule has 0 bridgehead atoms. The SMILES string of the molecule is Cc1nc(CCCC(=O)O)c(-c2ccccn2)s1. The third-order valence-electron chi connectivity index (χ3n) is 2.51. The van der Waals surface area contributed by atoms with Gasteiger partial charge in [0.15, 0.2) is 0 Å². The van der Waals surface area contributed by atoms with Gasteiger partial charge in [0.25, 0.3) is 0 Å². The second kappa shape index (κ2) is 5.73. The standard InChI is InChI=1S/C13H14N2O2S/c1-9-15-11(6-4-7-12(16)17)13(18-9)10-5-2-3-8-14-10/h2-3,5,8H,4,6-7H2,1H3,(H,16,17). The molecule has 2 heterocycles. The van der Waals surface area contributed by atoms with Crippen LogP contribution in [-0.4, -0.2) is 21.0 Å². The van der Waals surface area contributed by atoms with Crippen LogP contribution < -0.4 is 0 Å². The summed E-state index contributed by atoms with van der Waals surface area (Å²) in [7, 11) is 0. The summed E-state index contributed by atoms with van der Waals surface area (Å²) in [6.45, 7) is 1.96. The number of carboxylic acid groups (broad SMARTS) is 1. The maximum atomic E-state index is 10.5. The number of pyridine rings is 1. The van der Waals surface area contributed by atoms with Crippen molar-refractivity contribution in [3.63, 3.8) is 0 Å². The third kappa shape index (κ3) is 3.13. The van der Waals surface area contributed by atoms with Crippen LogP contribution in [0.15, 0.2) is 24.4 Å². The molecule has 4 nitrogen and oxygen atoms in total. The molecular weight excluding hydrogens is 248 g/mol. The minimum atomic E-state index is -0.763. The van der Waals surface area contributed by atoms with E-state index in [1.54, 1.807) is 17.5 Å². The Kier molecular flexibility index (Phi) is 4.04. The molecule has 0 radical (unpaired) electrons. The first kappa shape index (κ1) is 12.7. The molecule has 0 spiro atoms. The normalized spacial score (nSPS) is 10.5. The maximum Gasteiger partial charge on any atom is 0.303 e. The van der Waals surface area contributed by atoms with Crippen molar-refractivity contribution in [2.45, 2.75) is 26.2 Å². The summed E-state index contributed by atoms with van der Waals surface area (Å²) in [6, 6.07) is 5.77. The zero-order chi connectivity index (χ0) is 13.0. The van der Waals surface area contributed by atoms with Crippen LogP contribution in [0.1, 0.15) is 23.5 Å². The molecule has 2 rings (SSSR count). The number of aliphatic carboxylic acids is 1. The highest BCUT2D eigenvalue weighted by Gasteiger charge is 2.12. The summed E-state index contributed by atoms with van der Waals surface area (Å²) in [5, 5.41) is 9.64. The number of hydrogen-bond acceptors (Lipinski definition) is 4. The Morgan fingerprint density at radius 3 is 2.94 bits per heavy atom. The summed E-state index contributed by atoms with van der Waals surface area (Å²) in [4.78, 5) is 20.4. The Balaban J connectivity index is 2.18. The zero-order valence-electron chi connectivity index (χ0n) is 10.1. The van der Waals surface area contributed by atoms with Crippen molar-refractivity contribution < 1.29 is 9.90 Å². The van der Waals surface area contributed by atoms with E-state index in [4.69, 9.17) is 5.11 Å². The highest BCUT2D eigenvalue weighted by Crippen LogP contribution is 2.29. The van der Waals surface area contributed by atoms with Gasteiger partial charge in [0.2, 0.25) is 0 Å². The van der Waals surface area contributed by atoms with Gasteiger partial charge in [-0.3, -0.25) is 9.78 Å². The number of carboxylic acids is 1. The van der Waals surface area contributed by atoms with Gasteiger partial charge in [-0.05, 0) is 31.9 Å². The fourth-order valence-electron chi connectivity index (χ4n) is 1.74. The predicted molar refractivity (Wildman–Crippen MR) is 70.7 cm³/mol. The molecule has 94 valence electrons. The molecule has 0 amide bonds. The Morgan fingerprint density at radius 1 is 1.44 bits per heavy atom. The zero-order valence-corrected chi connectivity index (χ0v) is 10.9. The molecule has 0 aromatic carbocycles. The van der Waals surface area contributed by atoms with Crippen LogP contribution in [-0.2, 0) is 11.2 Å². The third-order valence-corrected chi connectivity index (χ3v) is 3.54. The number of hydrogen-bond donors (Lipinski definition) is 1. The predicted octanol–water partition coefficient (Wildman–Crippen LogP) is 2.92. The Morgan fingerprint density at radius 2 is 2.28 bits per heavy atom. The molecule has 0 saturated heterocycles. The molecule has 5 heteroatoms. The molecule has 0 atom stereocenters. The molecule has 0 saturated carbocycles. The first-order valence-electron chi connectivity index (χ1n) is 5.76. The van der Waals surface area contributed by atoms with Gasteiger partial charge in [-0.25, -0.2) is 4.98 Å². The van der Waals surface area contributed by atoms with Crippen molar-refractivity contribution in [1.29, 1.82) is 0 Å². The van der Waals surface area contributed by atoms with E-state index in [0.717, 1.165) is 21.3 Å². The Bertz CT molecular complexity index is 537.